The van der Waals surface area contributed by atoms with E-state index in [-0.39, 0.29) is 11.2 Å². The molecule has 106 valence electrons. The van der Waals surface area contributed by atoms with Crippen molar-refractivity contribution in [3.63, 3.8) is 0 Å². The third kappa shape index (κ3) is 2.46. The first kappa shape index (κ1) is 12.9. The van der Waals surface area contributed by atoms with Crippen LogP contribution in [0.3, 0.4) is 0 Å². The fraction of sp³-hybridized carbons (Fsp3) is 0.429. The number of benzene rings is 1. The Labute approximate surface area is 115 Å². The van der Waals surface area contributed by atoms with Crippen molar-refractivity contribution >= 4 is 23.1 Å². The summed E-state index contributed by atoms with van der Waals surface area (Å²) in [5.74, 6) is -0.982. The van der Waals surface area contributed by atoms with Gasteiger partial charge in [0, 0.05) is 13.2 Å². The number of ether oxygens (including phenoxy) is 1. The lowest BCUT2D eigenvalue weighted by Crippen LogP contribution is -2.32. The standard InChI is InChI=1S/C14H16N2O4/c1-14(5-2-6-19-14)8-15-13-16-10-4-3-9(12(17)18)7-11(10)20-13/h3-4,7H,2,5-6,8H2,1H3,(H,15,16)(H,17,18). The van der Waals surface area contributed by atoms with Gasteiger partial charge in [-0.3, -0.25) is 0 Å². The van der Waals surface area contributed by atoms with E-state index in [0.29, 0.717) is 23.7 Å². The van der Waals surface area contributed by atoms with Gasteiger partial charge in [0.1, 0.15) is 5.52 Å². The highest BCUT2D eigenvalue weighted by molar-refractivity contribution is 5.92. The van der Waals surface area contributed by atoms with Crippen molar-refractivity contribution in [3.05, 3.63) is 23.8 Å². The van der Waals surface area contributed by atoms with Crippen LogP contribution < -0.4 is 5.32 Å². The van der Waals surface area contributed by atoms with Crippen LogP contribution in [0.5, 0.6) is 0 Å². The summed E-state index contributed by atoms with van der Waals surface area (Å²) < 4.78 is 11.2. The second-order valence-corrected chi connectivity index (χ2v) is 5.26. The molecule has 1 fully saturated rings. The van der Waals surface area contributed by atoms with Gasteiger partial charge in [-0.1, -0.05) is 0 Å². The molecule has 1 aliphatic rings. The number of nitrogens with zero attached hydrogens (tertiary/aromatic N) is 1. The number of oxazole rings is 1. The second kappa shape index (κ2) is 4.79. The minimum atomic E-state index is -0.982. The first-order valence-corrected chi connectivity index (χ1v) is 6.57. The van der Waals surface area contributed by atoms with Crippen molar-refractivity contribution in [2.75, 3.05) is 18.5 Å². The Hall–Kier alpha value is -2.08. The fourth-order valence-corrected chi connectivity index (χ4v) is 2.37. The Balaban J connectivity index is 1.77. The van der Waals surface area contributed by atoms with E-state index in [9.17, 15) is 4.79 Å². The summed E-state index contributed by atoms with van der Waals surface area (Å²) in [5.41, 5.74) is 1.10. The quantitative estimate of drug-likeness (QED) is 0.892. The number of hydrogen-bond donors (Lipinski definition) is 2. The highest BCUT2D eigenvalue weighted by atomic mass is 16.5. The summed E-state index contributed by atoms with van der Waals surface area (Å²) in [7, 11) is 0. The predicted octanol–water partition coefficient (Wildman–Crippen LogP) is 2.51. The molecule has 1 atom stereocenters. The summed E-state index contributed by atoms with van der Waals surface area (Å²) in [6, 6.07) is 5.02. The van der Waals surface area contributed by atoms with Gasteiger partial charge >= 0.3 is 5.97 Å². The van der Waals surface area contributed by atoms with Gasteiger partial charge in [-0.05, 0) is 38.0 Å². The molecule has 0 amide bonds. The topological polar surface area (TPSA) is 84.6 Å². The fourth-order valence-electron chi connectivity index (χ4n) is 2.37. The minimum absolute atomic E-state index is 0.186. The maximum atomic E-state index is 10.9. The molecule has 0 aliphatic carbocycles. The molecule has 1 aliphatic heterocycles. The van der Waals surface area contributed by atoms with Crippen LogP contribution in [0.15, 0.2) is 22.6 Å². The van der Waals surface area contributed by atoms with E-state index >= 15 is 0 Å². The summed E-state index contributed by atoms with van der Waals surface area (Å²) >= 11 is 0. The lowest BCUT2D eigenvalue weighted by molar-refractivity contribution is 0.0311. The number of rotatable bonds is 4. The van der Waals surface area contributed by atoms with Crippen molar-refractivity contribution in [1.29, 1.82) is 0 Å². The number of aromatic nitrogens is 1. The summed E-state index contributed by atoms with van der Waals surface area (Å²) in [5, 5.41) is 12.1. The molecular weight excluding hydrogens is 260 g/mol. The molecule has 6 heteroatoms. The van der Waals surface area contributed by atoms with E-state index in [4.69, 9.17) is 14.3 Å². The Morgan fingerprint density at radius 2 is 2.40 bits per heavy atom. The van der Waals surface area contributed by atoms with E-state index in [0.717, 1.165) is 19.4 Å². The van der Waals surface area contributed by atoms with Crippen LogP contribution in [-0.4, -0.2) is 34.8 Å². The molecule has 6 nitrogen and oxygen atoms in total. The van der Waals surface area contributed by atoms with Gasteiger partial charge in [-0.15, -0.1) is 0 Å². The zero-order chi connectivity index (χ0) is 14.2. The number of carboxylic acid groups (broad SMARTS) is 1. The molecule has 3 rings (SSSR count). The van der Waals surface area contributed by atoms with E-state index in [1.54, 1.807) is 6.07 Å². The Kier molecular flexibility index (Phi) is 3.10. The number of aromatic carboxylic acids is 1. The monoisotopic (exact) mass is 276 g/mol. The van der Waals surface area contributed by atoms with E-state index < -0.39 is 5.97 Å². The third-order valence-electron chi connectivity index (χ3n) is 3.55. The normalized spacial score (nSPS) is 22.2. The van der Waals surface area contributed by atoms with Crippen LogP contribution in [0.25, 0.3) is 11.1 Å². The molecule has 0 bridgehead atoms. The van der Waals surface area contributed by atoms with Crippen molar-refractivity contribution in [2.45, 2.75) is 25.4 Å². The lowest BCUT2D eigenvalue weighted by Gasteiger charge is -2.22. The van der Waals surface area contributed by atoms with E-state index in [1.807, 2.05) is 0 Å². The molecule has 0 saturated carbocycles. The molecule has 1 saturated heterocycles. The van der Waals surface area contributed by atoms with Gasteiger partial charge in [0.25, 0.3) is 6.01 Å². The van der Waals surface area contributed by atoms with E-state index in [1.165, 1.54) is 12.1 Å². The van der Waals surface area contributed by atoms with Gasteiger partial charge in [-0.25, -0.2) is 4.79 Å². The Morgan fingerprint density at radius 1 is 1.55 bits per heavy atom. The molecule has 1 unspecified atom stereocenters. The highest BCUT2D eigenvalue weighted by Crippen LogP contribution is 2.26. The largest absolute Gasteiger partial charge is 0.478 e. The Morgan fingerprint density at radius 3 is 3.10 bits per heavy atom. The van der Waals surface area contributed by atoms with Gasteiger partial charge in [0.05, 0.1) is 11.2 Å². The van der Waals surface area contributed by atoms with Crippen LogP contribution in [0.1, 0.15) is 30.1 Å². The van der Waals surface area contributed by atoms with Crippen LogP contribution >= 0.6 is 0 Å². The second-order valence-electron chi connectivity index (χ2n) is 5.26. The summed E-state index contributed by atoms with van der Waals surface area (Å²) in [4.78, 5) is 15.2. The maximum absolute atomic E-state index is 10.9. The van der Waals surface area contributed by atoms with Crippen LogP contribution in [0.4, 0.5) is 6.01 Å². The van der Waals surface area contributed by atoms with Crippen molar-refractivity contribution in [3.8, 4) is 0 Å². The molecule has 2 heterocycles. The first-order chi connectivity index (χ1) is 9.56. The number of fused-ring (bicyclic) bond motifs is 1. The number of nitrogens with one attached hydrogen (secondary N) is 1. The molecule has 20 heavy (non-hydrogen) atoms. The molecular formula is C14H16N2O4. The van der Waals surface area contributed by atoms with Crippen molar-refractivity contribution in [1.82, 2.24) is 4.98 Å². The SMILES string of the molecule is CC1(CNc2nc3ccc(C(=O)O)cc3o2)CCCO1. The van der Waals surface area contributed by atoms with Crippen LogP contribution in [0, 0.1) is 0 Å². The number of carbonyl (C=O) groups is 1. The van der Waals surface area contributed by atoms with Crippen molar-refractivity contribution < 1.29 is 19.1 Å². The molecule has 0 spiro atoms. The lowest BCUT2D eigenvalue weighted by atomic mass is 10.0. The molecule has 1 aromatic heterocycles. The predicted molar refractivity (Wildman–Crippen MR) is 73.0 cm³/mol. The van der Waals surface area contributed by atoms with Gasteiger partial charge in [-0.2, -0.15) is 4.98 Å². The Bertz CT molecular complexity index is 644. The molecule has 1 aromatic carbocycles. The number of hydrogen-bond acceptors (Lipinski definition) is 5. The van der Waals surface area contributed by atoms with Gasteiger partial charge < -0.3 is 19.6 Å². The highest BCUT2D eigenvalue weighted by Gasteiger charge is 2.29. The number of anilines is 1. The third-order valence-corrected chi connectivity index (χ3v) is 3.55. The van der Waals surface area contributed by atoms with Crippen LogP contribution in [-0.2, 0) is 4.74 Å². The summed E-state index contributed by atoms with van der Waals surface area (Å²) in [6.07, 6.45) is 2.07. The first-order valence-electron chi connectivity index (χ1n) is 6.57. The number of carboxylic acids is 1. The summed E-state index contributed by atoms with van der Waals surface area (Å²) in [6.45, 7) is 3.46. The van der Waals surface area contributed by atoms with Crippen LogP contribution in [0.2, 0.25) is 0 Å². The molecule has 0 radical (unpaired) electrons. The van der Waals surface area contributed by atoms with Gasteiger partial charge in [0.15, 0.2) is 5.58 Å². The zero-order valence-electron chi connectivity index (χ0n) is 11.2. The maximum Gasteiger partial charge on any atom is 0.335 e. The zero-order valence-corrected chi connectivity index (χ0v) is 11.2. The average molecular weight is 276 g/mol. The molecule has 2 aromatic rings. The van der Waals surface area contributed by atoms with Gasteiger partial charge in [0.2, 0.25) is 0 Å². The minimum Gasteiger partial charge on any atom is -0.478 e. The average Bonchev–Trinajstić information content (AvgIpc) is 3.01. The van der Waals surface area contributed by atoms with E-state index in [2.05, 4.69) is 17.2 Å². The van der Waals surface area contributed by atoms with Crippen molar-refractivity contribution in [2.24, 2.45) is 0 Å². The smallest absolute Gasteiger partial charge is 0.335 e. The molecule has 2 N–H and O–H groups in total.